The molecule has 0 aromatic carbocycles. The highest BCUT2D eigenvalue weighted by Crippen LogP contribution is 2.19. The van der Waals surface area contributed by atoms with Crippen LogP contribution in [-0.4, -0.2) is 37.2 Å². The number of nitrogens with one attached hydrogen (secondary N) is 2. The third-order valence-corrected chi connectivity index (χ3v) is 3.90. The molecular formula is C13H24N2O2. The summed E-state index contributed by atoms with van der Waals surface area (Å²) in [6, 6.07) is 0. The summed E-state index contributed by atoms with van der Waals surface area (Å²) in [4.78, 5) is 12.0. The van der Waals surface area contributed by atoms with E-state index in [1.165, 1.54) is 12.8 Å². The molecule has 2 fully saturated rings. The molecule has 0 radical (unpaired) electrons. The minimum atomic E-state index is -0.340. The van der Waals surface area contributed by atoms with Crippen LogP contribution < -0.4 is 10.6 Å². The first-order valence-electron chi connectivity index (χ1n) is 6.86. The summed E-state index contributed by atoms with van der Waals surface area (Å²) in [5, 5.41) is 6.31. The zero-order valence-electron chi connectivity index (χ0n) is 10.8. The topological polar surface area (TPSA) is 50.4 Å². The van der Waals surface area contributed by atoms with E-state index in [0.717, 1.165) is 45.4 Å². The molecule has 2 aliphatic rings. The second-order valence-electron chi connectivity index (χ2n) is 5.40. The molecule has 4 nitrogen and oxygen atoms in total. The van der Waals surface area contributed by atoms with Gasteiger partial charge in [0.1, 0.15) is 0 Å². The second-order valence-corrected chi connectivity index (χ2v) is 5.40. The lowest BCUT2D eigenvalue weighted by Crippen LogP contribution is -2.51. The normalized spacial score (nSPS) is 33.6. The molecule has 17 heavy (non-hydrogen) atoms. The third kappa shape index (κ3) is 3.42. The first kappa shape index (κ1) is 12.8. The highest BCUT2D eigenvalue weighted by molar-refractivity contribution is 5.86. The number of carbonyl (C=O) groups is 1. The van der Waals surface area contributed by atoms with Gasteiger partial charge in [0.2, 0.25) is 5.91 Å². The van der Waals surface area contributed by atoms with Crippen molar-refractivity contribution in [3.8, 4) is 0 Å². The molecule has 2 N–H and O–H groups in total. The minimum Gasteiger partial charge on any atom is -0.378 e. The van der Waals surface area contributed by atoms with Gasteiger partial charge in [0, 0.05) is 13.2 Å². The molecule has 0 aromatic rings. The molecule has 0 saturated carbocycles. The van der Waals surface area contributed by atoms with Crippen molar-refractivity contribution in [3.05, 3.63) is 0 Å². The smallest absolute Gasteiger partial charge is 0.240 e. The average Bonchev–Trinajstić information content (AvgIpc) is 2.79. The van der Waals surface area contributed by atoms with Gasteiger partial charge in [-0.05, 0) is 52.0 Å². The molecule has 1 amide bonds. The maximum Gasteiger partial charge on any atom is 0.240 e. The van der Waals surface area contributed by atoms with Crippen LogP contribution in [0.15, 0.2) is 0 Å². The Kier molecular flexibility index (Phi) is 4.40. The summed E-state index contributed by atoms with van der Waals surface area (Å²) in [7, 11) is 0. The van der Waals surface area contributed by atoms with Gasteiger partial charge in [0.15, 0.2) is 0 Å². The summed E-state index contributed by atoms with van der Waals surface area (Å²) in [6.07, 6.45) is 6.93. The summed E-state index contributed by atoms with van der Waals surface area (Å²) in [6.45, 7) is 4.57. The zero-order chi connectivity index (χ0) is 12.1. The standard InChI is InChI=1S/C13H24N2O2/c1-13(7-4-8-15-13)12(16)14-9-6-11-5-2-3-10-17-11/h11,15H,2-10H2,1H3,(H,14,16). The summed E-state index contributed by atoms with van der Waals surface area (Å²) >= 11 is 0. The first-order valence-corrected chi connectivity index (χ1v) is 6.86. The Hall–Kier alpha value is -0.610. The molecule has 2 saturated heterocycles. The van der Waals surface area contributed by atoms with Gasteiger partial charge in [-0.1, -0.05) is 0 Å². The van der Waals surface area contributed by atoms with E-state index in [0.29, 0.717) is 6.10 Å². The maximum absolute atomic E-state index is 12.0. The number of ether oxygens (including phenoxy) is 1. The highest BCUT2D eigenvalue weighted by atomic mass is 16.5. The maximum atomic E-state index is 12.0. The van der Waals surface area contributed by atoms with Gasteiger partial charge in [-0.3, -0.25) is 4.79 Å². The van der Waals surface area contributed by atoms with Crippen LogP contribution in [0.2, 0.25) is 0 Å². The molecule has 0 aliphatic carbocycles. The van der Waals surface area contributed by atoms with Crippen molar-refractivity contribution in [1.29, 1.82) is 0 Å². The van der Waals surface area contributed by atoms with E-state index < -0.39 is 0 Å². The minimum absolute atomic E-state index is 0.144. The Labute approximate surface area is 103 Å². The highest BCUT2D eigenvalue weighted by Gasteiger charge is 2.35. The molecule has 2 unspecified atom stereocenters. The van der Waals surface area contributed by atoms with Crippen LogP contribution in [-0.2, 0) is 9.53 Å². The first-order chi connectivity index (χ1) is 8.21. The van der Waals surface area contributed by atoms with Gasteiger partial charge < -0.3 is 15.4 Å². The molecule has 0 aromatic heterocycles. The SMILES string of the molecule is CC1(C(=O)NCCC2CCCCO2)CCCN1. The molecule has 0 spiro atoms. The average molecular weight is 240 g/mol. The Morgan fingerprint density at radius 2 is 2.35 bits per heavy atom. The van der Waals surface area contributed by atoms with E-state index in [1.54, 1.807) is 0 Å². The fourth-order valence-corrected chi connectivity index (χ4v) is 2.67. The lowest BCUT2D eigenvalue weighted by atomic mass is 9.99. The number of hydrogen-bond acceptors (Lipinski definition) is 3. The quantitative estimate of drug-likeness (QED) is 0.776. The van der Waals surface area contributed by atoms with Crippen LogP contribution in [0.4, 0.5) is 0 Å². The molecule has 2 aliphatic heterocycles. The number of rotatable bonds is 4. The molecule has 0 bridgehead atoms. The molecule has 2 heterocycles. The van der Waals surface area contributed by atoms with Gasteiger partial charge in [-0.25, -0.2) is 0 Å². The van der Waals surface area contributed by atoms with Gasteiger partial charge >= 0.3 is 0 Å². The van der Waals surface area contributed by atoms with E-state index in [4.69, 9.17) is 4.74 Å². The van der Waals surface area contributed by atoms with Crippen LogP contribution >= 0.6 is 0 Å². The van der Waals surface area contributed by atoms with Crippen molar-refractivity contribution in [3.63, 3.8) is 0 Å². The molecule has 2 atom stereocenters. The Balaban J connectivity index is 1.65. The molecule has 2 rings (SSSR count). The fraction of sp³-hybridized carbons (Fsp3) is 0.923. The van der Waals surface area contributed by atoms with Crippen molar-refractivity contribution in [2.75, 3.05) is 19.7 Å². The van der Waals surface area contributed by atoms with E-state index in [9.17, 15) is 4.79 Å². The zero-order valence-corrected chi connectivity index (χ0v) is 10.8. The lowest BCUT2D eigenvalue weighted by Gasteiger charge is -2.25. The number of amides is 1. The Bertz CT molecular complexity index is 256. The van der Waals surface area contributed by atoms with Gasteiger partial charge in [0.25, 0.3) is 0 Å². The van der Waals surface area contributed by atoms with Gasteiger partial charge in [-0.15, -0.1) is 0 Å². The van der Waals surface area contributed by atoms with E-state index >= 15 is 0 Å². The summed E-state index contributed by atoms with van der Waals surface area (Å²) in [5.74, 6) is 0.144. The second kappa shape index (κ2) is 5.83. The molecular weight excluding hydrogens is 216 g/mol. The summed E-state index contributed by atoms with van der Waals surface area (Å²) < 4.78 is 5.64. The van der Waals surface area contributed by atoms with E-state index in [2.05, 4.69) is 10.6 Å². The van der Waals surface area contributed by atoms with Crippen LogP contribution in [0.1, 0.15) is 45.4 Å². The van der Waals surface area contributed by atoms with Crippen molar-refractivity contribution in [1.82, 2.24) is 10.6 Å². The molecule has 4 heteroatoms. The van der Waals surface area contributed by atoms with Crippen molar-refractivity contribution in [2.45, 2.75) is 57.1 Å². The van der Waals surface area contributed by atoms with Gasteiger partial charge in [-0.2, -0.15) is 0 Å². The Morgan fingerprint density at radius 1 is 1.47 bits per heavy atom. The van der Waals surface area contributed by atoms with Crippen molar-refractivity contribution < 1.29 is 9.53 Å². The van der Waals surface area contributed by atoms with Crippen molar-refractivity contribution in [2.24, 2.45) is 0 Å². The largest absolute Gasteiger partial charge is 0.378 e. The van der Waals surface area contributed by atoms with Crippen LogP contribution in [0, 0.1) is 0 Å². The predicted octanol–water partition coefficient (Wildman–Crippen LogP) is 1.20. The predicted molar refractivity (Wildman–Crippen MR) is 66.9 cm³/mol. The monoisotopic (exact) mass is 240 g/mol. The van der Waals surface area contributed by atoms with Crippen molar-refractivity contribution >= 4 is 5.91 Å². The number of carbonyl (C=O) groups excluding carboxylic acids is 1. The van der Waals surface area contributed by atoms with E-state index in [1.807, 2.05) is 6.92 Å². The number of hydrogen-bond donors (Lipinski definition) is 2. The molecule has 98 valence electrons. The third-order valence-electron chi connectivity index (χ3n) is 3.90. The lowest BCUT2D eigenvalue weighted by molar-refractivity contribution is -0.126. The Morgan fingerprint density at radius 3 is 3.00 bits per heavy atom. The van der Waals surface area contributed by atoms with Gasteiger partial charge in [0.05, 0.1) is 11.6 Å². The van der Waals surface area contributed by atoms with E-state index in [-0.39, 0.29) is 11.4 Å². The fourth-order valence-electron chi connectivity index (χ4n) is 2.67. The van der Waals surface area contributed by atoms with Crippen LogP contribution in [0.3, 0.4) is 0 Å². The van der Waals surface area contributed by atoms with Crippen LogP contribution in [0.25, 0.3) is 0 Å². The summed E-state index contributed by atoms with van der Waals surface area (Å²) in [5.41, 5.74) is -0.340. The van der Waals surface area contributed by atoms with Crippen LogP contribution in [0.5, 0.6) is 0 Å².